The Hall–Kier alpha value is -0.0500. The molecular weight excluding hydrogens is 148 g/mol. The molecule has 0 spiro atoms. The van der Waals surface area contributed by atoms with Crippen LogP contribution in [0, 0.1) is 6.92 Å². The summed E-state index contributed by atoms with van der Waals surface area (Å²) >= 11 is 0. The molecule has 0 amide bonds. The minimum Gasteiger partial charge on any atom is -0.229 e. The molecule has 0 heterocycles. The molecule has 0 N–H and O–H groups in total. The van der Waals surface area contributed by atoms with Gasteiger partial charge in [-0.15, -0.1) is 0 Å². The average molecular weight is 161 g/mol. The van der Waals surface area contributed by atoms with Gasteiger partial charge in [-0.3, -0.25) is 0 Å². The monoisotopic (exact) mass is 161 g/mol. The molecular formula is C7H13O2S. The summed E-state index contributed by atoms with van der Waals surface area (Å²) in [5, 5.41) is -0.0192. The lowest BCUT2D eigenvalue weighted by Gasteiger charge is -2.24. The van der Waals surface area contributed by atoms with Crippen molar-refractivity contribution in [3.8, 4) is 0 Å². The summed E-state index contributed by atoms with van der Waals surface area (Å²) in [5.74, 6) is 0.275. The second-order valence-electron chi connectivity index (χ2n) is 2.77. The van der Waals surface area contributed by atoms with Crippen LogP contribution in [0.4, 0.5) is 0 Å². The Morgan fingerprint density at radius 2 is 2.00 bits per heavy atom. The molecule has 0 aromatic rings. The van der Waals surface area contributed by atoms with Gasteiger partial charge in [0.1, 0.15) is 0 Å². The predicted octanol–water partition coefficient (Wildman–Crippen LogP) is 1.18. The van der Waals surface area contributed by atoms with Crippen LogP contribution in [0.25, 0.3) is 0 Å². The molecule has 0 aromatic carbocycles. The zero-order chi connectivity index (χ0) is 7.61. The Labute approximate surface area is 62.5 Å². The summed E-state index contributed by atoms with van der Waals surface area (Å²) in [6.07, 6.45) is 3.35. The lowest BCUT2D eigenvalue weighted by Crippen LogP contribution is -2.30. The topological polar surface area (TPSA) is 34.1 Å². The first-order valence-electron chi connectivity index (χ1n) is 3.67. The van der Waals surface area contributed by atoms with Crippen LogP contribution in [-0.4, -0.2) is 19.4 Å². The van der Waals surface area contributed by atoms with E-state index in [4.69, 9.17) is 0 Å². The SMILES string of the molecule is [CH2]CCS(=O)(=O)C1CCC1. The molecule has 1 saturated carbocycles. The molecule has 1 fully saturated rings. The Morgan fingerprint density at radius 1 is 1.40 bits per heavy atom. The number of rotatable bonds is 3. The van der Waals surface area contributed by atoms with Crippen molar-refractivity contribution in [1.82, 2.24) is 0 Å². The first-order chi connectivity index (χ1) is 4.67. The van der Waals surface area contributed by atoms with Gasteiger partial charge in [0.15, 0.2) is 9.84 Å². The van der Waals surface area contributed by atoms with Crippen molar-refractivity contribution in [2.75, 3.05) is 5.75 Å². The normalized spacial score (nSPS) is 20.5. The van der Waals surface area contributed by atoms with Gasteiger partial charge in [-0.1, -0.05) is 13.3 Å². The zero-order valence-electron chi connectivity index (χ0n) is 6.04. The van der Waals surface area contributed by atoms with Crippen molar-refractivity contribution in [3.63, 3.8) is 0 Å². The number of hydrogen-bond donors (Lipinski definition) is 0. The highest BCUT2D eigenvalue weighted by atomic mass is 32.2. The summed E-state index contributed by atoms with van der Waals surface area (Å²) in [5.41, 5.74) is 0. The maximum absolute atomic E-state index is 11.2. The molecule has 0 aromatic heterocycles. The molecule has 1 aliphatic rings. The molecule has 3 heteroatoms. The van der Waals surface area contributed by atoms with Crippen molar-refractivity contribution in [3.05, 3.63) is 6.92 Å². The molecule has 0 aliphatic heterocycles. The predicted molar refractivity (Wildman–Crippen MR) is 41.4 cm³/mol. The summed E-state index contributed by atoms with van der Waals surface area (Å²) in [7, 11) is -2.74. The third kappa shape index (κ3) is 1.51. The second-order valence-corrected chi connectivity index (χ2v) is 5.17. The standard InChI is InChI=1S/C7H13O2S/c1-2-6-10(8,9)7-4-3-5-7/h7H,1-6H2. The fourth-order valence-electron chi connectivity index (χ4n) is 1.10. The Bertz CT molecular complexity index is 190. The van der Waals surface area contributed by atoms with Gasteiger partial charge < -0.3 is 0 Å². The lowest BCUT2D eigenvalue weighted by molar-refractivity contribution is 0.476. The maximum atomic E-state index is 11.2. The van der Waals surface area contributed by atoms with E-state index in [1.165, 1.54) is 0 Å². The molecule has 0 unspecified atom stereocenters. The van der Waals surface area contributed by atoms with Crippen LogP contribution in [0.5, 0.6) is 0 Å². The zero-order valence-corrected chi connectivity index (χ0v) is 6.86. The lowest BCUT2D eigenvalue weighted by atomic mass is 10.0. The van der Waals surface area contributed by atoms with Crippen molar-refractivity contribution in [1.29, 1.82) is 0 Å². The van der Waals surface area contributed by atoms with Gasteiger partial charge in [0.2, 0.25) is 0 Å². The third-order valence-electron chi connectivity index (χ3n) is 1.99. The summed E-state index contributed by atoms with van der Waals surface area (Å²) in [6, 6.07) is 0. The first-order valence-corrected chi connectivity index (χ1v) is 5.39. The average Bonchev–Trinajstić information content (AvgIpc) is 1.56. The van der Waals surface area contributed by atoms with Gasteiger partial charge in [0, 0.05) is 0 Å². The van der Waals surface area contributed by atoms with E-state index in [2.05, 4.69) is 6.92 Å². The fraction of sp³-hybridized carbons (Fsp3) is 0.857. The molecule has 0 bridgehead atoms. The van der Waals surface area contributed by atoms with E-state index in [1.54, 1.807) is 0 Å². The second kappa shape index (κ2) is 2.91. The van der Waals surface area contributed by atoms with E-state index < -0.39 is 9.84 Å². The fourth-order valence-corrected chi connectivity index (χ4v) is 2.89. The summed E-state index contributed by atoms with van der Waals surface area (Å²) < 4.78 is 22.3. The van der Waals surface area contributed by atoms with Gasteiger partial charge in [-0.25, -0.2) is 8.42 Å². The third-order valence-corrected chi connectivity index (χ3v) is 4.33. The van der Waals surface area contributed by atoms with Crippen LogP contribution >= 0.6 is 0 Å². The van der Waals surface area contributed by atoms with Gasteiger partial charge in [0.05, 0.1) is 11.0 Å². The molecule has 1 radical (unpaired) electrons. The highest BCUT2D eigenvalue weighted by Gasteiger charge is 2.29. The highest BCUT2D eigenvalue weighted by Crippen LogP contribution is 2.26. The van der Waals surface area contributed by atoms with Crippen LogP contribution in [0.2, 0.25) is 0 Å². The van der Waals surface area contributed by atoms with Crippen molar-refractivity contribution in [2.24, 2.45) is 0 Å². The maximum Gasteiger partial charge on any atom is 0.153 e. The smallest absolute Gasteiger partial charge is 0.153 e. The molecule has 0 saturated heterocycles. The largest absolute Gasteiger partial charge is 0.229 e. The highest BCUT2D eigenvalue weighted by molar-refractivity contribution is 7.92. The van der Waals surface area contributed by atoms with Crippen LogP contribution in [-0.2, 0) is 9.84 Å². The number of hydrogen-bond acceptors (Lipinski definition) is 2. The van der Waals surface area contributed by atoms with Crippen LogP contribution in [0.3, 0.4) is 0 Å². The van der Waals surface area contributed by atoms with Gasteiger partial charge in [-0.2, -0.15) is 0 Å². The van der Waals surface area contributed by atoms with E-state index in [1.807, 2.05) is 0 Å². The first kappa shape index (κ1) is 8.05. The molecule has 59 valence electrons. The molecule has 1 rings (SSSR count). The summed E-state index contributed by atoms with van der Waals surface area (Å²) in [6.45, 7) is 3.53. The molecule has 10 heavy (non-hydrogen) atoms. The number of sulfone groups is 1. The van der Waals surface area contributed by atoms with Gasteiger partial charge in [-0.05, 0) is 19.3 Å². The van der Waals surface area contributed by atoms with E-state index in [-0.39, 0.29) is 11.0 Å². The van der Waals surface area contributed by atoms with E-state index in [9.17, 15) is 8.42 Å². The van der Waals surface area contributed by atoms with Crippen LogP contribution < -0.4 is 0 Å². The minimum absolute atomic E-state index is 0.0192. The molecule has 2 nitrogen and oxygen atoms in total. The van der Waals surface area contributed by atoms with Crippen molar-refractivity contribution >= 4 is 9.84 Å². The van der Waals surface area contributed by atoms with Crippen molar-refractivity contribution < 1.29 is 8.42 Å². The molecule has 1 aliphatic carbocycles. The van der Waals surface area contributed by atoms with Crippen LogP contribution in [0.15, 0.2) is 0 Å². The Balaban J connectivity index is 2.50. The molecule has 0 atom stereocenters. The van der Waals surface area contributed by atoms with E-state index in [0.717, 1.165) is 19.3 Å². The quantitative estimate of drug-likeness (QED) is 0.623. The minimum atomic E-state index is -2.74. The van der Waals surface area contributed by atoms with Gasteiger partial charge >= 0.3 is 0 Å². The van der Waals surface area contributed by atoms with E-state index in [0.29, 0.717) is 6.42 Å². The van der Waals surface area contributed by atoms with Crippen molar-refractivity contribution in [2.45, 2.75) is 30.9 Å². The van der Waals surface area contributed by atoms with E-state index >= 15 is 0 Å². The summed E-state index contributed by atoms with van der Waals surface area (Å²) in [4.78, 5) is 0. The Kier molecular flexibility index (Phi) is 2.34. The van der Waals surface area contributed by atoms with Gasteiger partial charge in [0.25, 0.3) is 0 Å². The Morgan fingerprint density at radius 3 is 2.30 bits per heavy atom. The van der Waals surface area contributed by atoms with Crippen LogP contribution in [0.1, 0.15) is 25.7 Å².